The number of hydrogen-bond acceptors (Lipinski definition) is 4. The minimum absolute atomic E-state index is 0.0858. The van der Waals surface area contributed by atoms with Crippen LogP contribution in [0.4, 0.5) is 19.0 Å². The third-order valence-corrected chi connectivity index (χ3v) is 5.77. The number of alkyl halides is 3. The summed E-state index contributed by atoms with van der Waals surface area (Å²) in [7, 11) is 1.56. The Balaban J connectivity index is 1.52. The van der Waals surface area contributed by atoms with Gasteiger partial charge in [-0.25, -0.2) is 4.68 Å². The van der Waals surface area contributed by atoms with Gasteiger partial charge < -0.3 is 15.4 Å². The molecule has 0 fully saturated rings. The number of ether oxygens (including phenoxy) is 1. The molecule has 3 aromatic rings. The van der Waals surface area contributed by atoms with Crippen LogP contribution in [0.5, 0.6) is 5.75 Å². The lowest BCUT2D eigenvalue weighted by Crippen LogP contribution is -2.36. The van der Waals surface area contributed by atoms with E-state index >= 15 is 0 Å². The first-order valence-electron chi connectivity index (χ1n) is 10.6. The van der Waals surface area contributed by atoms with Crippen molar-refractivity contribution in [2.24, 2.45) is 0 Å². The molecule has 0 saturated heterocycles. The maximum atomic E-state index is 13.8. The van der Waals surface area contributed by atoms with Gasteiger partial charge in [-0.15, -0.1) is 0 Å². The molecule has 9 heteroatoms. The average molecular weight is 458 g/mol. The van der Waals surface area contributed by atoms with Gasteiger partial charge in [-0.05, 0) is 30.2 Å². The fraction of sp³-hybridized carbons (Fsp3) is 0.333. The van der Waals surface area contributed by atoms with Crippen molar-refractivity contribution >= 4 is 11.7 Å². The Morgan fingerprint density at radius 3 is 2.70 bits per heavy atom. The second kappa shape index (κ2) is 9.17. The summed E-state index contributed by atoms with van der Waals surface area (Å²) < 4.78 is 47.6. The van der Waals surface area contributed by atoms with E-state index in [4.69, 9.17) is 4.74 Å². The number of carbonyl (C=O) groups excluding carboxylic acids is 1. The number of benzene rings is 2. The van der Waals surface area contributed by atoms with Crippen molar-refractivity contribution in [1.82, 2.24) is 15.1 Å². The minimum atomic E-state index is -4.46. The number of hydrogen-bond donors (Lipinski definition) is 2. The zero-order valence-corrected chi connectivity index (χ0v) is 18.3. The second-order valence-electron chi connectivity index (χ2n) is 8.17. The Morgan fingerprint density at radius 2 is 2.00 bits per heavy atom. The van der Waals surface area contributed by atoms with Crippen LogP contribution < -0.4 is 15.4 Å². The topological polar surface area (TPSA) is 68.2 Å². The predicted octanol–water partition coefficient (Wildman–Crippen LogP) is 4.72. The third-order valence-electron chi connectivity index (χ3n) is 5.77. The minimum Gasteiger partial charge on any atom is -0.497 e. The van der Waals surface area contributed by atoms with Crippen molar-refractivity contribution in [1.29, 1.82) is 0 Å². The number of anilines is 1. The van der Waals surface area contributed by atoms with Crippen molar-refractivity contribution in [2.75, 3.05) is 12.4 Å². The molecule has 1 aliphatic rings. The summed E-state index contributed by atoms with van der Waals surface area (Å²) in [4.78, 5) is 12.6. The summed E-state index contributed by atoms with van der Waals surface area (Å²) in [6.07, 6.45) is -3.39. The summed E-state index contributed by atoms with van der Waals surface area (Å²) in [5.74, 6) is 0.596. The van der Waals surface area contributed by atoms with E-state index in [9.17, 15) is 18.0 Å². The lowest BCUT2D eigenvalue weighted by atomic mass is 9.96. The van der Waals surface area contributed by atoms with Crippen LogP contribution in [0.3, 0.4) is 0 Å². The molecular weight excluding hydrogens is 433 g/mol. The summed E-state index contributed by atoms with van der Waals surface area (Å²) in [6.45, 7) is 2.21. The molecule has 174 valence electrons. The monoisotopic (exact) mass is 458 g/mol. The molecule has 2 N–H and O–H groups in total. The SMILES string of the molecule is COc1cccc(CNC(=O)Cc2cnn3c2N[C@@H](c2ccc(C)cc2)C[C@H]3C(F)(F)F)c1. The Kier molecular flexibility index (Phi) is 6.31. The first-order valence-corrected chi connectivity index (χ1v) is 10.6. The molecule has 0 radical (unpaired) electrons. The second-order valence-corrected chi connectivity index (χ2v) is 8.17. The zero-order chi connectivity index (χ0) is 23.6. The highest BCUT2D eigenvalue weighted by Crippen LogP contribution is 2.44. The molecule has 33 heavy (non-hydrogen) atoms. The summed E-state index contributed by atoms with van der Waals surface area (Å²) in [6, 6.07) is 12.4. The molecule has 0 spiro atoms. The molecule has 2 aromatic carbocycles. The standard InChI is InChI=1S/C24H25F3N4O2/c1-15-6-8-17(9-7-15)20-12-21(24(25,26)27)31-23(30-20)18(14-29-31)11-22(32)28-13-16-4-3-5-19(10-16)33-2/h3-10,14,20-21,30H,11-13H2,1-2H3,(H,28,32)/t20-,21+/m1/s1. The van der Waals surface area contributed by atoms with Gasteiger partial charge >= 0.3 is 6.18 Å². The number of aromatic nitrogens is 2. The number of nitrogens with one attached hydrogen (secondary N) is 2. The van der Waals surface area contributed by atoms with Gasteiger partial charge in [-0.2, -0.15) is 18.3 Å². The maximum absolute atomic E-state index is 13.8. The first-order chi connectivity index (χ1) is 15.7. The number of amides is 1. The highest BCUT2D eigenvalue weighted by molar-refractivity contribution is 5.80. The molecule has 4 rings (SSSR count). The van der Waals surface area contributed by atoms with E-state index < -0.39 is 18.3 Å². The van der Waals surface area contributed by atoms with E-state index in [1.807, 2.05) is 49.4 Å². The number of carbonyl (C=O) groups is 1. The van der Waals surface area contributed by atoms with Gasteiger partial charge in [0.25, 0.3) is 0 Å². The third kappa shape index (κ3) is 5.13. The summed E-state index contributed by atoms with van der Waals surface area (Å²) in [5, 5.41) is 9.96. The van der Waals surface area contributed by atoms with E-state index in [0.717, 1.165) is 21.4 Å². The highest BCUT2D eigenvalue weighted by atomic mass is 19.4. The van der Waals surface area contributed by atoms with Gasteiger partial charge in [0, 0.05) is 18.5 Å². The van der Waals surface area contributed by atoms with Crippen molar-refractivity contribution < 1.29 is 22.7 Å². The van der Waals surface area contributed by atoms with Crippen LogP contribution in [-0.4, -0.2) is 29.0 Å². The quantitative estimate of drug-likeness (QED) is 0.561. The van der Waals surface area contributed by atoms with E-state index in [1.165, 1.54) is 6.20 Å². The normalized spacial score (nSPS) is 17.7. The summed E-state index contributed by atoms with van der Waals surface area (Å²) >= 11 is 0. The Labute approximate surface area is 189 Å². The number of rotatable bonds is 6. The van der Waals surface area contributed by atoms with Crippen LogP contribution in [0.15, 0.2) is 54.7 Å². The Hall–Kier alpha value is -3.49. The fourth-order valence-corrected chi connectivity index (χ4v) is 3.98. The fourth-order valence-electron chi connectivity index (χ4n) is 3.98. The molecule has 1 aromatic heterocycles. The molecular formula is C24H25F3N4O2. The van der Waals surface area contributed by atoms with E-state index in [0.29, 0.717) is 11.3 Å². The molecule has 0 unspecified atom stereocenters. The van der Waals surface area contributed by atoms with Crippen LogP contribution in [0.1, 0.15) is 40.8 Å². The molecule has 2 atom stereocenters. The van der Waals surface area contributed by atoms with Crippen LogP contribution >= 0.6 is 0 Å². The maximum Gasteiger partial charge on any atom is 0.410 e. The van der Waals surface area contributed by atoms with Crippen molar-refractivity contribution in [3.8, 4) is 5.75 Å². The van der Waals surface area contributed by atoms with Crippen LogP contribution in [0.25, 0.3) is 0 Å². The molecule has 0 aliphatic carbocycles. The lowest BCUT2D eigenvalue weighted by molar-refractivity contribution is -0.173. The smallest absolute Gasteiger partial charge is 0.410 e. The molecule has 1 aliphatic heterocycles. The molecule has 2 heterocycles. The first kappa shape index (κ1) is 22.7. The van der Waals surface area contributed by atoms with E-state index in [2.05, 4.69) is 15.7 Å². The van der Waals surface area contributed by atoms with Gasteiger partial charge in [0.2, 0.25) is 5.91 Å². The van der Waals surface area contributed by atoms with E-state index in [1.54, 1.807) is 13.2 Å². The number of methoxy groups -OCH3 is 1. The Morgan fingerprint density at radius 1 is 1.24 bits per heavy atom. The zero-order valence-electron chi connectivity index (χ0n) is 18.3. The number of aryl methyl sites for hydroxylation is 1. The number of fused-ring (bicyclic) bond motifs is 1. The van der Waals surface area contributed by atoms with Crippen LogP contribution in [-0.2, 0) is 17.8 Å². The molecule has 0 bridgehead atoms. The molecule has 6 nitrogen and oxygen atoms in total. The van der Waals surface area contributed by atoms with Gasteiger partial charge in [0.15, 0.2) is 6.04 Å². The van der Waals surface area contributed by atoms with Crippen molar-refractivity contribution in [3.05, 3.63) is 77.0 Å². The van der Waals surface area contributed by atoms with Gasteiger partial charge in [-0.3, -0.25) is 4.79 Å². The Bertz CT molecular complexity index is 1130. The van der Waals surface area contributed by atoms with Crippen LogP contribution in [0, 0.1) is 6.92 Å². The van der Waals surface area contributed by atoms with Crippen molar-refractivity contribution in [3.63, 3.8) is 0 Å². The predicted molar refractivity (Wildman–Crippen MR) is 118 cm³/mol. The van der Waals surface area contributed by atoms with Gasteiger partial charge in [-0.1, -0.05) is 42.0 Å². The average Bonchev–Trinajstić information content (AvgIpc) is 3.19. The molecule has 1 amide bonds. The van der Waals surface area contributed by atoms with Crippen LogP contribution in [0.2, 0.25) is 0 Å². The van der Waals surface area contributed by atoms with Gasteiger partial charge in [0.05, 0.1) is 25.8 Å². The molecule has 0 saturated carbocycles. The number of nitrogens with zero attached hydrogens (tertiary/aromatic N) is 2. The number of halogens is 3. The lowest BCUT2D eigenvalue weighted by Gasteiger charge is -2.34. The van der Waals surface area contributed by atoms with E-state index in [-0.39, 0.29) is 31.1 Å². The highest BCUT2D eigenvalue weighted by Gasteiger charge is 2.46. The van der Waals surface area contributed by atoms with Gasteiger partial charge in [0.1, 0.15) is 11.6 Å². The summed E-state index contributed by atoms with van der Waals surface area (Å²) in [5.41, 5.74) is 3.06. The largest absolute Gasteiger partial charge is 0.497 e. The van der Waals surface area contributed by atoms with Crippen molar-refractivity contribution in [2.45, 2.75) is 44.6 Å².